The Kier molecular flexibility index (Phi) is 5.63. The summed E-state index contributed by atoms with van der Waals surface area (Å²) in [6, 6.07) is -0.0724. The number of carbonyl (C=O) groups is 1. The van der Waals surface area contributed by atoms with Crippen molar-refractivity contribution in [1.82, 2.24) is 4.90 Å². The van der Waals surface area contributed by atoms with Gasteiger partial charge in [0.15, 0.2) is 8.32 Å². The van der Waals surface area contributed by atoms with E-state index in [-0.39, 0.29) is 23.8 Å². The standard InChI is InChI=1S/C14H29NO4Si/c1-14(2,3)20(4,5)19-12-7-6-11(8-9-16)15(10-12)13(17)18/h11-12,16H,6-10H2,1-5H3,(H,17,18)/t11-,12-/m1/s1. The monoisotopic (exact) mass is 303 g/mol. The summed E-state index contributed by atoms with van der Waals surface area (Å²) in [6.45, 7) is 11.4. The normalized spacial score (nSPS) is 24.8. The summed E-state index contributed by atoms with van der Waals surface area (Å²) in [7, 11) is -1.87. The first kappa shape index (κ1) is 17.5. The Morgan fingerprint density at radius 2 is 1.95 bits per heavy atom. The molecule has 2 atom stereocenters. The number of aliphatic hydroxyl groups is 1. The Balaban J connectivity index is 2.70. The van der Waals surface area contributed by atoms with E-state index in [1.807, 2.05) is 0 Å². The van der Waals surface area contributed by atoms with E-state index in [9.17, 15) is 9.90 Å². The van der Waals surface area contributed by atoms with Crippen molar-refractivity contribution in [2.24, 2.45) is 0 Å². The van der Waals surface area contributed by atoms with Crippen LogP contribution in [0.1, 0.15) is 40.0 Å². The maximum atomic E-state index is 11.3. The van der Waals surface area contributed by atoms with Crippen LogP contribution in [0.2, 0.25) is 18.1 Å². The maximum Gasteiger partial charge on any atom is 0.407 e. The van der Waals surface area contributed by atoms with Gasteiger partial charge >= 0.3 is 6.09 Å². The van der Waals surface area contributed by atoms with Gasteiger partial charge in [0.1, 0.15) is 0 Å². The Hall–Kier alpha value is -0.593. The summed E-state index contributed by atoms with van der Waals surface area (Å²) < 4.78 is 6.32. The van der Waals surface area contributed by atoms with Crippen LogP contribution in [0.5, 0.6) is 0 Å². The van der Waals surface area contributed by atoms with Gasteiger partial charge in [-0.1, -0.05) is 20.8 Å². The van der Waals surface area contributed by atoms with E-state index in [0.29, 0.717) is 13.0 Å². The molecule has 6 heteroatoms. The highest BCUT2D eigenvalue weighted by Crippen LogP contribution is 2.38. The molecule has 2 N–H and O–H groups in total. The number of piperidine rings is 1. The predicted molar refractivity (Wildman–Crippen MR) is 81.5 cm³/mol. The average molecular weight is 303 g/mol. The molecular weight excluding hydrogens is 274 g/mol. The second kappa shape index (κ2) is 6.45. The molecule has 1 amide bonds. The molecular formula is C14H29NO4Si. The first-order chi connectivity index (χ1) is 9.08. The lowest BCUT2D eigenvalue weighted by Gasteiger charge is -2.44. The Labute approximate surface area is 123 Å². The van der Waals surface area contributed by atoms with Crippen LogP contribution in [0.3, 0.4) is 0 Å². The number of rotatable bonds is 4. The molecule has 1 rings (SSSR count). The van der Waals surface area contributed by atoms with E-state index in [0.717, 1.165) is 12.8 Å². The zero-order valence-corrected chi connectivity index (χ0v) is 14.3. The van der Waals surface area contributed by atoms with Crippen LogP contribution in [0.4, 0.5) is 4.79 Å². The molecule has 0 aromatic rings. The van der Waals surface area contributed by atoms with Crippen molar-refractivity contribution in [2.75, 3.05) is 13.2 Å². The predicted octanol–water partition coefficient (Wildman–Crippen LogP) is 2.90. The lowest BCUT2D eigenvalue weighted by molar-refractivity contribution is 0.0351. The van der Waals surface area contributed by atoms with E-state index >= 15 is 0 Å². The third-order valence-electron chi connectivity index (χ3n) is 4.64. The molecule has 1 aliphatic heterocycles. The summed E-state index contributed by atoms with van der Waals surface area (Å²) >= 11 is 0. The first-order valence-electron chi connectivity index (χ1n) is 7.36. The fourth-order valence-corrected chi connectivity index (χ4v) is 3.75. The van der Waals surface area contributed by atoms with Crippen LogP contribution < -0.4 is 0 Å². The Morgan fingerprint density at radius 3 is 2.40 bits per heavy atom. The van der Waals surface area contributed by atoms with Crippen LogP contribution in [-0.4, -0.2) is 54.8 Å². The third kappa shape index (κ3) is 4.20. The zero-order chi connectivity index (χ0) is 15.6. The second-order valence-corrected chi connectivity index (χ2v) is 11.9. The number of nitrogens with zero attached hydrogens (tertiary/aromatic N) is 1. The highest BCUT2D eigenvalue weighted by atomic mass is 28.4. The van der Waals surface area contributed by atoms with Gasteiger partial charge in [0.05, 0.1) is 6.10 Å². The topological polar surface area (TPSA) is 70.0 Å². The molecule has 5 nitrogen and oxygen atoms in total. The van der Waals surface area contributed by atoms with Gasteiger partial charge in [-0.3, -0.25) is 0 Å². The quantitative estimate of drug-likeness (QED) is 0.783. The summed E-state index contributed by atoms with van der Waals surface area (Å²) in [4.78, 5) is 12.8. The van der Waals surface area contributed by atoms with Gasteiger partial charge in [-0.25, -0.2) is 4.79 Å². The van der Waals surface area contributed by atoms with Gasteiger partial charge in [0, 0.05) is 19.2 Å². The molecule has 0 aromatic heterocycles. The molecule has 0 unspecified atom stereocenters. The fourth-order valence-electron chi connectivity index (χ4n) is 2.37. The number of amides is 1. The van der Waals surface area contributed by atoms with Crippen molar-refractivity contribution in [3.05, 3.63) is 0 Å². The summed E-state index contributed by atoms with van der Waals surface area (Å²) in [6.07, 6.45) is 1.24. The van der Waals surface area contributed by atoms with Gasteiger partial charge in [-0.05, 0) is 37.4 Å². The van der Waals surface area contributed by atoms with Crippen LogP contribution in [0, 0.1) is 0 Å². The smallest absolute Gasteiger partial charge is 0.407 e. The van der Waals surface area contributed by atoms with E-state index in [4.69, 9.17) is 9.53 Å². The summed E-state index contributed by atoms with van der Waals surface area (Å²) in [5, 5.41) is 18.5. The largest absolute Gasteiger partial charge is 0.465 e. The molecule has 0 spiro atoms. The van der Waals surface area contributed by atoms with Gasteiger partial charge in [-0.2, -0.15) is 0 Å². The van der Waals surface area contributed by atoms with E-state index in [1.165, 1.54) is 4.90 Å². The maximum absolute atomic E-state index is 11.3. The lowest BCUT2D eigenvalue weighted by atomic mass is 9.98. The zero-order valence-electron chi connectivity index (χ0n) is 13.3. The minimum absolute atomic E-state index is 0.0121. The molecule has 0 saturated carbocycles. The highest BCUT2D eigenvalue weighted by molar-refractivity contribution is 6.74. The molecule has 0 radical (unpaired) electrons. The van der Waals surface area contributed by atoms with Gasteiger partial charge < -0.3 is 19.5 Å². The Bertz CT molecular complexity index is 341. The van der Waals surface area contributed by atoms with Crippen molar-refractivity contribution in [2.45, 2.75) is 70.3 Å². The molecule has 118 valence electrons. The van der Waals surface area contributed by atoms with Crippen molar-refractivity contribution in [3.63, 3.8) is 0 Å². The lowest BCUT2D eigenvalue weighted by Crippen LogP contribution is -2.53. The van der Waals surface area contributed by atoms with Crippen molar-refractivity contribution < 1.29 is 19.4 Å². The number of likely N-dealkylation sites (tertiary alicyclic amines) is 1. The number of hydrogen-bond donors (Lipinski definition) is 2. The van der Waals surface area contributed by atoms with E-state index < -0.39 is 14.4 Å². The SMILES string of the molecule is CC(C)(C)[Si](C)(C)O[C@@H]1CC[C@H](CCO)N(C(=O)O)C1. The minimum atomic E-state index is -1.87. The summed E-state index contributed by atoms with van der Waals surface area (Å²) in [5.74, 6) is 0. The molecule has 1 fully saturated rings. The van der Waals surface area contributed by atoms with Crippen LogP contribution >= 0.6 is 0 Å². The highest BCUT2D eigenvalue weighted by Gasteiger charge is 2.41. The van der Waals surface area contributed by atoms with Crippen LogP contribution in [0.25, 0.3) is 0 Å². The van der Waals surface area contributed by atoms with Crippen molar-refractivity contribution in [3.8, 4) is 0 Å². The molecule has 0 bridgehead atoms. The van der Waals surface area contributed by atoms with Crippen LogP contribution in [-0.2, 0) is 4.43 Å². The molecule has 1 heterocycles. The van der Waals surface area contributed by atoms with Gasteiger partial charge in [0.2, 0.25) is 0 Å². The first-order valence-corrected chi connectivity index (χ1v) is 10.3. The number of aliphatic hydroxyl groups excluding tert-OH is 1. The molecule has 1 aliphatic rings. The number of hydrogen-bond acceptors (Lipinski definition) is 3. The van der Waals surface area contributed by atoms with Crippen LogP contribution in [0.15, 0.2) is 0 Å². The minimum Gasteiger partial charge on any atom is -0.465 e. The Morgan fingerprint density at radius 1 is 1.35 bits per heavy atom. The molecule has 20 heavy (non-hydrogen) atoms. The second-order valence-electron chi connectivity index (χ2n) is 7.18. The van der Waals surface area contributed by atoms with E-state index in [2.05, 4.69) is 33.9 Å². The van der Waals surface area contributed by atoms with Gasteiger partial charge in [-0.15, -0.1) is 0 Å². The van der Waals surface area contributed by atoms with Crippen molar-refractivity contribution >= 4 is 14.4 Å². The third-order valence-corrected chi connectivity index (χ3v) is 9.17. The summed E-state index contributed by atoms with van der Waals surface area (Å²) in [5.41, 5.74) is 0. The molecule has 1 saturated heterocycles. The van der Waals surface area contributed by atoms with Gasteiger partial charge in [0.25, 0.3) is 0 Å². The molecule has 0 aliphatic carbocycles. The average Bonchev–Trinajstić information content (AvgIpc) is 2.29. The fraction of sp³-hybridized carbons (Fsp3) is 0.929. The number of carboxylic acid groups (broad SMARTS) is 1. The molecule has 0 aromatic carbocycles. The van der Waals surface area contributed by atoms with E-state index in [1.54, 1.807) is 0 Å². The van der Waals surface area contributed by atoms with Crippen molar-refractivity contribution in [1.29, 1.82) is 0 Å².